The lowest BCUT2D eigenvalue weighted by Gasteiger charge is -2.31. The van der Waals surface area contributed by atoms with E-state index in [0.717, 1.165) is 62.7 Å². The van der Waals surface area contributed by atoms with Crippen LogP contribution in [0.25, 0.3) is 81.9 Å². The fourth-order valence-electron chi connectivity index (χ4n) is 8.55. The Bertz CT molecular complexity index is 3060. The molecular formula is C52H35NOS. The van der Waals surface area contributed by atoms with E-state index in [4.69, 9.17) is 4.42 Å². The summed E-state index contributed by atoms with van der Waals surface area (Å²) in [5, 5.41) is 5.92. The Labute approximate surface area is 323 Å². The topological polar surface area (TPSA) is 16.4 Å². The Morgan fingerprint density at radius 3 is 1.75 bits per heavy atom. The number of furan rings is 1. The molecule has 0 spiro atoms. The average Bonchev–Trinajstić information content (AvgIpc) is 3.84. The van der Waals surface area contributed by atoms with Crippen molar-refractivity contribution in [2.45, 2.75) is 12.8 Å². The van der Waals surface area contributed by atoms with Crippen LogP contribution in [0.4, 0.5) is 11.4 Å². The van der Waals surface area contributed by atoms with Gasteiger partial charge in [-0.2, -0.15) is 0 Å². The van der Waals surface area contributed by atoms with Crippen LogP contribution in [0, 0.1) is 0 Å². The number of thiophene rings is 1. The third kappa shape index (κ3) is 5.31. The van der Waals surface area contributed by atoms with Gasteiger partial charge in [-0.1, -0.05) is 152 Å². The molecule has 1 aliphatic carbocycles. The minimum absolute atomic E-state index is 0.915. The standard InChI is InChI=1S/C52H35NOS/c1-3-13-34(14-4-1)35-25-29-38(30-26-35)53(47-22-12-24-49-50(47)44-19-9-10-23-48(44)55-49)39-31-27-37(28-32-39)40-20-11-21-43-46-33-45(36-15-5-2-6-16-36)41-17-7-8-18-42(41)52(46)54-51(40)43/h1-11,13-23,25-33H,12,24H2. The lowest BCUT2D eigenvalue weighted by molar-refractivity contribution is 0.674. The van der Waals surface area contributed by atoms with Gasteiger partial charge in [0.05, 0.1) is 5.70 Å². The number of para-hydroxylation sites is 1. The molecule has 0 radical (unpaired) electrons. The van der Waals surface area contributed by atoms with Crippen LogP contribution in [-0.4, -0.2) is 0 Å². The number of benzene rings is 8. The predicted molar refractivity (Wildman–Crippen MR) is 234 cm³/mol. The fraction of sp³-hybridized carbons (Fsp3) is 0.0385. The van der Waals surface area contributed by atoms with Crippen LogP contribution in [0.2, 0.25) is 0 Å². The van der Waals surface area contributed by atoms with Crippen LogP contribution in [-0.2, 0) is 6.42 Å². The van der Waals surface area contributed by atoms with E-state index in [9.17, 15) is 0 Å². The van der Waals surface area contributed by atoms with Crippen LogP contribution in [0.15, 0.2) is 192 Å². The predicted octanol–water partition coefficient (Wildman–Crippen LogP) is 15.1. The van der Waals surface area contributed by atoms with Crippen LogP contribution < -0.4 is 4.90 Å². The Kier molecular flexibility index (Phi) is 7.53. The summed E-state index contributed by atoms with van der Waals surface area (Å²) in [5.74, 6) is 0. The third-order valence-corrected chi connectivity index (χ3v) is 12.4. The molecule has 0 saturated heterocycles. The summed E-state index contributed by atoms with van der Waals surface area (Å²) in [6.45, 7) is 0. The minimum atomic E-state index is 0.915. The SMILES string of the molecule is C1=C(N(c2ccc(-c3ccccc3)cc2)c2ccc(-c3cccc4c3oc3c5ccccc5c(-c5ccccc5)cc43)cc2)c2c(sc3ccccc23)CC1. The molecule has 8 aromatic carbocycles. The molecule has 2 aromatic heterocycles. The molecule has 0 N–H and O–H groups in total. The van der Waals surface area contributed by atoms with Crippen molar-refractivity contribution >= 4 is 71.2 Å². The van der Waals surface area contributed by atoms with Gasteiger partial charge in [0.25, 0.3) is 0 Å². The van der Waals surface area contributed by atoms with Crippen molar-refractivity contribution in [2.75, 3.05) is 4.90 Å². The molecule has 1 aliphatic rings. The molecular weight excluding hydrogens is 687 g/mol. The smallest absolute Gasteiger partial charge is 0.143 e. The number of anilines is 2. The van der Waals surface area contributed by atoms with Gasteiger partial charge in [-0.15, -0.1) is 11.3 Å². The normalized spacial score (nSPS) is 12.7. The summed E-state index contributed by atoms with van der Waals surface area (Å²) in [6, 6.07) is 65.7. The highest BCUT2D eigenvalue weighted by Gasteiger charge is 2.26. The Morgan fingerprint density at radius 2 is 1.00 bits per heavy atom. The van der Waals surface area contributed by atoms with Gasteiger partial charge in [0, 0.05) is 53.6 Å². The van der Waals surface area contributed by atoms with Crippen molar-refractivity contribution < 1.29 is 4.42 Å². The van der Waals surface area contributed by atoms with Crippen molar-refractivity contribution in [3.05, 3.63) is 199 Å². The lowest BCUT2D eigenvalue weighted by atomic mass is 9.95. The molecule has 11 rings (SSSR count). The number of allylic oxidation sites excluding steroid dienone is 1. The number of hydrogen-bond acceptors (Lipinski definition) is 3. The molecule has 0 saturated carbocycles. The molecule has 10 aromatic rings. The van der Waals surface area contributed by atoms with Crippen LogP contribution >= 0.6 is 11.3 Å². The molecule has 2 heterocycles. The summed E-state index contributed by atoms with van der Waals surface area (Å²) in [5.41, 5.74) is 13.8. The monoisotopic (exact) mass is 721 g/mol. The van der Waals surface area contributed by atoms with Crippen molar-refractivity contribution in [2.24, 2.45) is 0 Å². The van der Waals surface area contributed by atoms with Gasteiger partial charge < -0.3 is 9.32 Å². The van der Waals surface area contributed by atoms with E-state index in [1.165, 1.54) is 53.9 Å². The average molecular weight is 722 g/mol. The Hall–Kier alpha value is -6.68. The van der Waals surface area contributed by atoms with Gasteiger partial charge in [0.2, 0.25) is 0 Å². The maximum Gasteiger partial charge on any atom is 0.143 e. The van der Waals surface area contributed by atoms with Crippen LogP contribution in [0.3, 0.4) is 0 Å². The second-order valence-electron chi connectivity index (χ2n) is 14.3. The van der Waals surface area contributed by atoms with Gasteiger partial charge in [-0.3, -0.25) is 0 Å². The first-order valence-corrected chi connectivity index (χ1v) is 19.8. The highest BCUT2D eigenvalue weighted by Crippen LogP contribution is 2.46. The molecule has 0 fully saturated rings. The summed E-state index contributed by atoms with van der Waals surface area (Å²) in [7, 11) is 0. The zero-order valence-corrected chi connectivity index (χ0v) is 30.9. The van der Waals surface area contributed by atoms with E-state index >= 15 is 0 Å². The second kappa shape index (κ2) is 13.0. The highest BCUT2D eigenvalue weighted by molar-refractivity contribution is 7.19. The number of fused-ring (bicyclic) bond motifs is 8. The van der Waals surface area contributed by atoms with E-state index in [2.05, 4.69) is 193 Å². The molecule has 0 bridgehead atoms. The first-order chi connectivity index (χ1) is 27.3. The molecule has 3 heteroatoms. The summed E-state index contributed by atoms with van der Waals surface area (Å²) in [6.07, 6.45) is 4.52. The highest BCUT2D eigenvalue weighted by atomic mass is 32.1. The number of nitrogens with zero attached hydrogens (tertiary/aromatic N) is 1. The molecule has 0 aliphatic heterocycles. The number of aryl methyl sites for hydroxylation is 1. The molecule has 0 unspecified atom stereocenters. The summed E-state index contributed by atoms with van der Waals surface area (Å²) in [4.78, 5) is 3.91. The third-order valence-electron chi connectivity index (χ3n) is 11.1. The van der Waals surface area contributed by atoms with Gasteiger partial charge in [0.1, 0.15) is 11.2 Å². The quantitative estimate of drug-likeness (QED) is 0.170. The minimum Gasteiger partial charge on any atom is -0.455 e. The zero-order valence-electron chi connectivity index (χ0n) is 30.1. The first kappa shape index (κ1) is 31.8. The van der Waals surface area contributed by atoms with Crippen molar-refractivity contribution in [3.63, 3.8) is 0 Å². The maximum absolute atomic E-state index is 6.88. The molecule has 260 valence electrons. The fourth-order valence-corrected chi connectivity index (χ4v) is 9.78. The largest absolute Gasteiger partial charge is 0.455 e. The summed E-state index contributed by atoms with van der Waals surface area (Å²) >= 11 is 1.94. The van der Waals surface area contributed by atoms with Crippen LogP contribution in [0.5, 0.6) is 0 Å². The second-order valence-corrected chi connectivity index (χ2v) is 15.5. The van der Waals surface area contributed by atoms with Gasteiger partial charge in [-0.25, -0.2) is 0 Å². The van der Waals surface area contributed by atoms with E-state index in [-0.39, 0.29) is 0 Å². The van der Waals surface area contributed by atoms with E-state index in [0.29, 0.717) is 0 Å². The van der Waals surface area contributed by atoms with Gasteiger partial charge in [0.15, 0.2) is 0 Å². The van der Waals surface area contributed by atoms with E-state index < -0.39 is 0 Å². The van der Waals surface area contributed by atoms with Crippen molar-refractivity contribution in [1.29, 1.82) is 0 Å². The Balaban J connectivity index is 1.04. The molecule has 2 nitrogen and oxygen atoms in total. The first-order valence-electron chi connectivity index (χ1n) is 19.0. The van der Waals surface area contributed by atoms with Crippen molar-refractivity contribution in [3.8, 4) is 33.4 Å². The molecule has 0 amide bonds. The van der Waals surface area contributed by atoms with Crippen molar-refractivity contribution in [1.82, 2.24) is 0 Å². The van der Waals surface area contributed by atoms with Gasteiger partial charge in [-0.05, 0) is 82.4 Å². The van der Waals surface area contributed by atoms with Gasteiger partial charge >= 0.3 is 0 Å². The maximum atomic E-state index is 6.88. The molecule has 55 heavy (non-hydrogen) atoms. The summed E-state index contributed by atoms with van der Waals surface area (Å²) < 4.78 is 8.23. The number of rotatable bonds is 6. The van der Waals surface area contributed by atoms with E-state index in [1.807, 2.05) is 11.3 Å². The zero-order chi connectivity index (χ0) is 36.3. The number of hydrogen-bond donors (Lipinski definition) is 0. The molecule has 0 atom stereocenters. The lowest BCUT2D eigenvalue weighted by Crippen LogP contribution is -2.18. The van der Waals surface area contributed by atoms with E-state index in [1.54, 1.807) is 0 Å². The Morgan fingerprint density at radius 1 is 0.436 bits per heavy atom. The van der Waals surface area contributed by atoms with Crippen LogP contribution in [0.1, 0.15) is 16.9 Å².